The van der Waals surface area contributed by atoms with E-state index in [0.29, 0.717) is 21.9 Å². The van der Waals surface area contributed by atoms with Crippen molar-refractivity contribution in [1.82, 2.24) is 10.2 Å². The lowest BCUT2D eigenvalue weighted by atomic mass is 10.1. The maximum Gasteiger partial charge on any atom is 0.264 e. The highest BCUT2D eigenvalue weighted by molar-refractivity contribution is 9.11. The topological polar surface area (TPSA) is 88.1 Å². The molecule has 2 amide bonds. The molecule has 0 aliphatic carbocycles. The van der Waals surface area contributed by atoms with Gasteiger partial charge < -0.3 is 24.8 Å². The summed E-state index contributed by atoms with van der Waals surface area (Å²) in [6, 6.07) is 8.54. The third-order valence-electron chi connectivity index (χ3n) is 3.80. The zero-order chi connectivity index (χ0) is 20.0. The monoisotopic (exact) mass is 456 g/mol. The molecule has 2 N–H and O–H groups in total. The van der Waals surface area contributed by atoms with Crippen molar-refractivity contribution in [3.63, 3.8) is 0 Å². The summed E-state index contributed by atoms with van der Waals surface area (Å²) >= 11 is 4.61. The molecule has 1 unspecified atom stereocenters. The molecule has 0 saturated heterocycles. The fourth-order valence-corrected chi connectivity index (χ4v) is 3.76. The van der Waals surface area contributed by atoms with E-state index >= 15 is 0 Å². The Hall–Kier alpha value is -2.10. The van der Waals surface area contributed by atoms with E-state index in [2.05, 4.69) is 21.2 Å². The molecule has 9 heteroatoms. The summed E-state index contributed by atoms with van der Waals surface area (Å²) in [4.78, 5) is 26.3. The zero-order valence-corrected chi connectivity index (χ0v) is 17.6. The van der Waals surface area contributed by atoms with Crippen molar-refractivity contribution < 1.29 is 24.2 Å². The summed E-state index contributed by atoms with van der Waals surface area (Å²) in [6.07, 6.45) is -0.978. The molecule has 1 aromatic carbocycles. The Kier molecular flexibility index (Phi) is 7.64. The molecule has 0 aliphatic heterocycles. The number of aliphatic hydroxyl groups excluding tert-OH is 1. The van der Waals surface area contributed by atoms with Crippen LogP contribution in [0, 0.1) is 0 Å². The first-order valence-corrected chi connectivity index (χ1v) is 9.64. The van der Waals surface area contributed by atoms with Gasteiger partial charge in [-0.1, -0.05) is 0 Å². The fraction of sp³-hybridized carbons (Fsp3) is 0.333. The van der Waals surface area contributed by atoms with Crippen LogP contribution in [0.5, 0.6) is 11.5 Å². The molecule has 1 heterocycles. The van der Waals surface area contributed by atoms with Gasteiger partial charge in [-0.2, -0.15) is 0 Å². The van der Waals surface area contributed by atoms with Crippen LogP contribution in [-0.2, 0) is 4.79 Å². The summed E-state index contributed by atoms with van der Waals surface area (Å²) in [7, 11) is 4.58. The van der Waals surface area contributed by atoms with Crippen molar-refractivity contribution in [1.29, 1.82) is 0 Å². The van der Waals surface area contributed by atoms with Crippen LogP contribution < -0.4 is 14.8 Å². The molecule has 0 spiro atoms. The number of ether oxygens (including phenoxy) is 2. The van der Waals surface area contributed by atoms with Crippen LogP contribution >= 0.6 is 27.3 Å². The minimum absolute atomic E-state index is 0.0189. The second-order valence-corrected chi connectivity index (χ2v) is 8.16. The molecule has 0 bridgehead atoms. The number of nitrogens with zero attached hydrogens (tertiary/aromatic N) is 1. The smallest absolute Gasteiger partial charge is 0.264 e. The number of carbonyl (C=O) groups excluding carboxylic acids is 2. The van der Waals surface area contributed by atoms with Crippen LogP contribution in [-0.4, -0.2) is 56.2 Å². The van der Waals surface area contributed by atoms with Gasteiger partial charge in [0, 0.05) is 19.2 Å². The SMILES string of the molecule is COc1ccc(OC)c(C(O)CNC(=O)CN(C)C(=O)c2ccc(Br)s2)c1. The highest BCUT2D eigenvalue weighted by Gasteiger charge is 2.19. The van der Waals surface area contributed by atoms with Gasteiger partial charge in [-0.3, -0.25) is 9.59 Å². The molecule has 1 aromatic heterocycles. The molecule has 0 aliphatic rings. The second kappa shape index (κ2) is 9.72. The first-order chi connectivity index (χ1) is 12.8. The standard InChI is InChI=1S/C18H21BrN2O5S/c1-21(18(24)15-6-7-16(19)27-15)10-17(23)20-9-13(22)12-8-11(25-2)4-5-14(12)26-3/h4-8,13,22H,9-10H2,1-3H3,(H,20,23). The highest BCUT2D eigenvalue weighted by Crippen LogP contribution is 2.29. The largest absolute Gasteiger partial charge is 0.497 e. The van der Waals surface area contributed by atoms with Crippen LogP contribution in [0.2, 0.25) is 0 Å². The summed E-state index contributed by atoms with van der Waals surface area (Å²) in [6.45, 7) is -0.134. The molecule has 0 fully saturated rings. The predicted molar refractivity (Wildman–Crippen MR) is 106 cm³/mol. The number of nitrogens with one attached hydrogen (secondary N) is 1. The van der Waals surface area contributed by atoms with Crippen molar-refractivity contribution in [2.75, 3.05) is 34.4 Å². The van der Waals surface area contributed by atoms with Gasteiger partial charge in [0.2, 0.25) is 5.91 Å². The van der Waals surface area contributed by atoms with Gasteiger partial charge in [0.15, 0.2) is 0 Å². The first-order valence-electron chi connectivity index (χ1n) is 8.03. The molecule has 2 rings (SSSR count). The molecule has 1 atom stereocenters. The number of thiophene rings is 1. The average molecular weight is 457 g/mol. The molecule has 27 heavy (non-hydrogen) atoms. The Labute approximate surface area is 170 Å². The Bertz CT molecular complexity index is 811. The molecule has 146 valence electrons. The number of amides is 2. The predicted octanol–water partition coefficient (Wildman–Crippen LogP) is 2.45. The van der Waals surface area contributed by atoms with Crippen LogP contribution in [0.1, 0.15) is 21.3 Å². The molecule has 0 radical (unpaired) electrons. The van der Waals surface area contributed by atoms with Crippen molar-refractivity contribution in [3.8, 4) is 11.5 Å². The van der Waals surface area contributed by atoms with E-state index in [0.717, 1.165) is 3.79 Å². The summed E-state index contributed by atoms with van der Waals surface area (Å²) in [5, 5.41) is 13.0. The third kappa shape index (κ3) is 5.69. The number of carbonyl (C=O) groups is 2. The van der Waals surface area contributed by atoms with Gasteiger partial charge in [-0.15, -0.1) is 11.3 Å². The lowest BCUT2D eigenvalue weighted by Gasteiger charge is -2.19. The highest BCUT2D eigenvalue weighted by atomic mass is 79.9. The quantitative estimate of drug-likeness (QED) is 0.636. The number of benzene rings is 1. The number of aliphatic hydroxyl groups is 1. The Morgan fingerprint density at radius 3 is 2.59 bits per heavy atom. The van der Waals surface area contributed by atoms with Gasteiger partial charge in [0.1, 0.15) is 11.5 Å². The number of likely N-dealkylation sites (N-methyl/N-ethyl adjacent to an activating group) is 1. The Morgan fingerprint density at radius 2 is 2.00 bits per heavy atom. The van der Waals surface area contributed by atoms with Gasteiger partial charge >= 0.3 is 0 Å². The van der Waals surface area contributed by atoms with Gasteiger partial charge in [-0.05, 0) is 46.3 Å². The fourth-order valence-electron chi connectivity index (χ4n) is 2.38. The maximum atomic E-state index is 12.3. The average Bonchev–Trinajstić information content (AvgIpc) is 3.11. The van der Waals surface area contributed by atoms with Crippen molar-refractivity contribution >= 4 is 39.1 Å². The Balaban J connectivity index is 1.92. The van der Waals surface area contributed by atoms with Crippen LogP contribution in [0.15, 0.2) is 34.1 Å². The molecular formula is C18H21BrN2O5S. The van der Waals surface area contributed by atoms with E-state index < -0.39 is 6.10 Å². The zero-order valence-electron chi connectivity index (χ0n) is 15.2. The normalized spacial score (nSPS) is 11.6. The molecule has 7 nitrogen and oxygen atoms in total. The van der Waals surface area contributed by atoms with Gasteiger partial charge in [0.25, 0.3) is 5.91 Å². The van der Waals surface area contributed by atoms with E-state index in [-0.39, 0.29) is 24.9 Å². The number of hydrogen-bond acceptors (Lipinski definition) is 6. The van der Waals surface area contributed by atoms with E-state index in [9.17, 15) is 14.7 Å². The van der Waals surface area contributed by atoms with Gasteiger partial charge in [0.05, 0.1) is 35.5 Å². The lowest BCUT2D eigenvalue weighted by molar-refractivity contribution is -0.122. The number of rotatable bonds is 8. The van der Waals surface area contributed by atoms with Crippen LogP contribution in [0.25, 0.3) is 0 Å². The van der Waals surface area contributed by atoms with Crippen LogP contribution in [0.3, 0.4) is 0 Å². The minimum atomic E-state index is -0.978. The summed E-state index contributed by atoms with van der Waals surface area (Å²) < 4.78 is 11.2. The van der Waals surface area contributed by atoms with Gasteiger partial charge in [-0.25, -0.2) is 0 Å². The number of halogens is 1. The van der Waals surface area contributed by atoms with E-state index in [1.807, 2.05) is 0 Å². The van der Waals surface area contributed by atoms with E-state index in [4.69, 9.17) is 9.47 Å². The minimum Gasteiger partial charge on any atom is -0.497 e. The van der Waals surface area contributed by atoms with Crippen LogP contribution in [0.4, 0.5) is 0 Å². The number of hydrogen-bond donors (Lipinski definition) is 2. The van der Waals surface area contributed by atoms with E-state index in [1.54, 1.807) is 37.4 Å². The maximum absolute atomic E-state index is 12.3. The molecule has 2 aromatic rings. The summed E-state index contributed by atoms with van der Waals surface area (Å²) in [5.74, 6) is 0.454. The molecular weight excluding hydrogens is 436 g/mol. The summed E-state index contributed by atoms with van der Waals surface area (Å²) in [5.41, 5.74) is 0.505. The Morgan fingerprint density at radius 1 is 1.26 bits per heavy atom. The second-order valence-electron chi connectivity index (χ2n) is 5.69. The third-order valence-corrected chi connectivity index (χ3v) is 5.41. The first kappa shape index (κ1) is 21.2. The lowest BCUT2D eigenvalue weighted by Crippen LogP contribution is -2.39. The van der Waals surface area contributed by atoms with Crippen molar-refractivity contribution in [2.24, 2.45) is 0 Å². The van der Waals surface area contributed by atoms with Crippen molar-refractivity contribution in [3.05, 3.63) is 44.6 Å². The molecule has 0 saturated carbocycles. The van der Waals surface area contributed by atoms with Crippen molar-refractivity contribution in [2.45, 2.75) is 6.10 Å². The number of methoxy groups -OCH3 is 2. The van der Waals surface area contributed by atoms with E-state index in [1.165, 1.54) is 30.5 Å².